The van der Waals surface area contributed by atoms with Gasteiger partial charge in [0.1, 0.15) is 5.82 Å². The summed E-state index contributed by atoms with van der Waals surface area (Å²) in [4.78, 5) is 11.5. The summed E-state index contributed by atoms with van der Waals surface area (Å²) in [7, 11) is 1.10. The van der Waals surface area contributed by atoms with Gasteiger partial charge in [-0.1, -0.05) is 0 Å². The van der Waals surface area contributed by atoms with Crippen LogP contribution in [-0.2, 0) is 13.8 Å². The number of rotatable bonds is 4. The van der Waals surface area contributed by atoms with E-state index in [9.17, 15) is 17.6 Å². The summed E-state index contributed by atoms with van der Waals surface area (Å²) in [5, 5.41) is 2.63. The highest BCUT2D eigenvalue weighted by molar-refractivity contribution is 8.13. The summed E-state index contributed by atoms with van der Waals surface area (Å²) in [5.74, 6) is -1.32. The van der Waals surface area contributed by atoms with Gasteiger partial charge in [0.25, 0.3) is 15.0 Å². The number of ether oxygens (including phenoxy) is 1. The van der Waals surface area contributed by atoms with E-state index in [1.807, 2.05) is 6.92 Å². The van der Waals surface area contributed by atoms with Crippen LogP contribution in [0.25, 0.3) is 0 Å². The lowest BCUT2D eigenvalue weighted by Gasteiger charge is -2.15. The first-order valence-corrected chi connectivity index (χ1v) is 8.74. The standard InChI is InChI=1S/C13H15ClFNO4S/c1-8-9(4-5-20-8)7-16-13(17)11-3-2-10(6-12(11)15)21(14,18)19/h2-3,6,8-9H,4-5,7H2,1H3,(H,16,17). The highest BCUT2D eigenvalue weighted by Gasteiger charge is 2.25. The number of halogens is 2. The third-order valence-corrected chi connectivity index (χ3v) is 4.88. The molecule has 5 nitrogen and oxygen atoms in total. The van der Waals surface area contributed by atoms with Crippen LogP contribution >= 0.6 is 10.7 Å². The molecule has 8 heteroatoms. The summed E-state index contributed by atoms with van der Waals surface area (Å²) in [6.07, 6.45) is 0.895. The normalized spacial score (nSPS) is 22.2. The second kappa shape index (κ2) is 6.29. The van der Waals surface area contributed by atoms with Crippen molar-refractivity contribution in [2.24, 2.45) is 5.92 Å². The monoisotopic (exact) mass is 335 g/mol. The molecule has 0 saturated carbocycles. The van der Waals surface area contributed by atoms with Gasteiger partial charge in [-0.25, -0.2) is 12.8 Å². The number of amides is 1. The minimum absolute atomic E-state index is 0.0546. The molecule has 1 heterocycles. The van der Waals surface area contributed by atoms with Crippen LogP contribution in [0.4, 0.5) is 4.39 Å². The first-order valence-electron chi connectivity index (χ1n) is 6.43. The SMILES string of the molecule is CC1OCCC1CNC(=O)c1ccc(S(=O)(=O)Cl)cc1F. The van der Waals surface area contributed by atoms with E-state index in [1.165, 1.54) is 0 Å². The predicted molar refractivity (Wildman–Crippen MR) is 75.3 cm³/mol. The third-order valence-electron chi connectivity index (χ3n) is 3.52. The fraction of sp³-hybridized carbons (Fsp3) is 0.462. The molecular formula is C13H15ClFNO4S. The first-order chi connectivity index (χ1) is 9.79. The summed E-state index contributed by atoms with van der Waals surface area (Å²) in [6, 6.07) is 2.94. The lowest BCUT2D eigenvalue weighted by molar-refractivity contribution is 0.0904. The Morgan fingerprint density at radius 2 is 2.24 bits per heavy atom. The van der Waals surface area contributed by atoms with E-state index in [2.05, 4.69) is 5.32 Å². The zero-order chi connectivity index (χ0) is 15.6. The second-order valence-electron chi connectivity index (χ2n) is 4.91. The molecule has 0 aromatic heterocycles. The van der Waals surface area contributed by atoms with E-state index in [0.29, 0.717) is 13.2 Å². The van der Waals surface area contributed by atoms with Crippen molar-refractivity contribution in [2.75, 3.05) is 13.2 Å². The average Bonchev–Trinajstić information content (AvgIpc) is 2.80. The number of benzene rings is 1. The fourth-order valence-electron chi connectivity index (χ4n) is 2.19. The molecule has 2 unspecified atom stereocenters. The van der Waals surface area contributed by atoms with Crippen LogP contribution in [0, 0.1) is 11.7 Å². The molecule has 1 amide bonds. The topological polar surface area (TPSA) is 72.5 Å². The highest BCUT2D eigenvalue weighted by atomic mass is 35.7. The van der Waals surface area contributed by atoms with Gasteiger partial charge in [-0.05, 0) is 31.5 Å². The van der Waals surface area contributed by atoms with Gasteiger partial charge in [-0.15, -0.1) is 0 Å². The van der Waals surface area contributed by atoms with Gasteiger partial charge in [-0.2, -0.15) is 0 Å². The second-order valence-corrected chi connectivity index (χ2v) is 7.48. The van der Waals surface area contributed by atoms with Crippen LogP contribution in [0.2, 0.25) is 0 Å². The maximum atomic E-state index is 13.8. The molecule has 21 heavy (non-hydrogen) atoms. The highest BCUT2D eigenvalue weighted by Crippen LogP contribution is 2.21. The number of carbonyl (C=O) groups is 1. The smallest absolute Gasteiger partial charge is 0.261 e. The molecule has 0 radical (unpaired) electrons. The molecule has 0 bridgehead atoms. The quantitative estimate of drug-likeness (QED) is 0.853. The maximum Gasteiger partial charge on any atom is 0.261 e. The van der Waals surface area contributed by atoms with E-state index >= 15 is 0 Å². The largest absolute Gasteiger partial charge is 0.378 e. The van der Waals surface area contributed by atoms with Crippen LogP contribution in [0.5, 0.6) is 0 Å². The summed E-state index contributed by atoms with van der Waals surface area (Å²) in [5.41, 5.74) is -0.217. The van der Waals surface area contributed by atoms with Gasteiger partial charge in [-0.3, -0.25) is 4.79 Å². The van der Waals surface area contributed by atoms with Gasteiger partial charge in [0, 0.05) is 29.8 Å². The Labute approximate surface area is 126 Å². The lowest BCUT2D eigenvalue weighted by Crippen LogP contribution is -2.32. The molecule has 1 aliphatic rings. The fourth-order valence-corrected chi connectivity index (χ4v) is 2.96. The molecule has 1 aromatic carbocycles. The summed E-state index contributed by atoms with van der Waals surface area (Å²) in [6.45, 7) is 2.96. The molecule has 1 aromatic rings. The van der Waals surface area contributed by atoms with E-state index in [-0.39, 0.29) is 22.5 Å². The Hall–Kier alpha value is -1.18. The molecule has 116 valence electrons. The average molecular weight is 336 g/mol. The van der Waals surface area contributed by atoms with E-state index in [4.69, 9.17) is 15.4 Å². The molecule has 1 fully saturated rings. The molecule has 0 aliphatic carbocycles. The van der Waals surface area contributed by atoms with Crippen molar-refractivity contribution in [1.29, 1.82) is 0 Å². The summed E-state index contributed by atoms with van der Waals surface area (Å²) >= 11 is 0. The van der Waals surface area contributed by atoms with E-state index in [1.54, 1.807) is 0 Å². The van der Waals surface area contributed by atoms with Crippen molar-refractivity contribution in [1.82, 2.24) is 5.32 Å². The zero-order valence-corrected chi connectivity index (χ0v) is 12.9. The van der Waals surface area contributed by atoms with Crippen molar-refractivity contribution >= 4 is 25.6 Å². The van der Waals surface area contributed by atoms with Crippen molar-refractivity contribution in [2.45, 2.75) is 24.3 Å². The van der Waals surface area contributed by atoms with Crippen molar-refractivity contribution in [3.8, 4) is 0 Å². The number of nitrogens with one attached hydrogen (secondary N) is 1. The molecule has 1 saturated heterocycles. The Morgan fingerprint density at radius 1 is 1.52 bits per heavy atom. The predicted octanol–water partition coefficient (Wildman–Crippen LogP) is 1.91. The van der Waals surface area contributed by atoms with Crippen molar-refractivity contribution in [3.05, 3.63) is 29.6 Å². The summed E-state index contributed by atoms with van der Waals surface area (Å²) < 4.78 is 41.3. The Balaban J connectivity index is 2.06. The first kappa shape index (κ1) is 16.2. The van der Waals surface area contributed by atoms with Crippen LogP contribution in [0.1, 0.15) is 23.7 Å². The van der Waals surface area contributed by atoms with Crippen LogP contribution < -0.4 is 5.32 Å². The number of hydrogen-bond donors (Lipinski definition) is 1. The molecule has 2 atom stereocenters. The van der Waals surface area contributed by atoms with Gasteiger partial charge in [0.2, 0.25) is 0 Å². The lowest BCUT2D eigenvalue weighted by atomic mass is 10.0. The Bertz CT molecular complexity index is 650. The third kappa shape index (κ3) is 3.93. The van der Waals surface area contributed by atoms with E-state index in [0.717, 1.165) is 24.6 Å². The maximum absolute atomic E-state index is 13.8. The van der Waals surface area contributed by atoms with Gasteiger partial charge in [0.15, 0.2) is 0 Å². The van der Waals surface area contributed by atoms with Crippen molar-refractivity contribution < 1.29 is 22.3 Å². The van der Waals surface area contributed by atoms with Gasteiger partial charge < -0.3 is 10.1 Å². The molecular weight excluding hydrogens is 321 g/mol. The number of hydrogen-bond acceptors (Lipinski definition) is 4. The Kier molecular flexibility index (Phi) is 4.85. The minimum Gasteiger partial charge on any atom is -0.378 e. The minimum atomic E-state index is -4.02. The van der Waals surface area contributed by atoms with Crippen LogP contribution in [0.15, 0.2) is 23.1 Å². The Morgan fingerprint density at radius 3 is 2.76 bits per heavy atom. The van der Waals surface area contributed by atoms with Crippen LogP contribution in [-0.4, -0.2) is 33.6 Å². The zero-order valence-electron chi connectivity index (χ0n) is 11.3. The van der Waals surface area contributed by atoms with Crippen LogP contribution in [0.3, 0.4) is 0 Å². The van der Waals surface area contributed by atoms with Gasteiger partial charge in [0.05, 0.1) is 16.6 Å². The number of carbonyl (C=O) groups excluding carboxylic acids is 1. The molecule has 1 aliphatic heterocycles. The molecule has 2 rings (SSSR count). The molecule has 0 spiro atoms. The molecule has 1 N–H and O–H groups in total. The van der Waals surface area contributed by atoms with E-state index < -0.39 is 20.8 Å². The van der Waals surface area contributed by atoms with Crippen molar-refractivity contribution in [3.63, 3.8) is 0 Å². The van der Waals surface area contributed by atoms with Gasteiger partial charge >= 0.3 is 0 Å².